The van der Waals surface area contributed by atoms with Gasteiger partial charge in [0, 0.05) is 18.5 Å². The van der Waals surface area contributed by atoms with E-state index in [1.165, 1.54) is 18.3 Å². The van der Waals surface area contributed by atoms with Crippen molar-refractivity contribution in [2.75, 3.05) is 13.2 Å². The molecule has 0 bridgehead atoms. The molecule has 0 atom stereocenters. The number of carbonyl (C=O) groups excluding carboxylic acids is 2. The van der Waals surface area contributed by atoms with Crippen molar-refractivity contribution in [3.05, 3.63) is 56.0 Å². The molecule has 10 heteroatoms. The maximum absolute atomic E-state index is 12.0. The van der Waals surface area contributed by atoms with Crippen molar-refractivity contribution in [1.29, 1.82) is 0 Å². The lowest BCUT2D eigenvalue weighted by molar-refractivity contribution is -0.120. The lowest BCUT2D eigenvalue weighted by Crippen LogP contribution is -2.29. The predicted octanol–water partition coefficient (Wildman–Crippen LogP) is 4.13. The van der Waals surface area contributed by atoms with Gasteiger partial charge < -0.3 is 15.2 Å². The van der Waals surface area contributed by atoms with E-state index in [1.54, 1.807) is 25.1 Å². The molecule has 0 aromatic heterocycles. The maximum atomic E-state index is 12.0. The van der Waals surface area contributed by atoms with Gasteiger partial charge in [-0.15, -0.1) is 0 Å². The van der Waals surface area contributed by atoms with Gasteiger partial charge in [-0.3, -0.25) is 9.59 Å². The fourth-order valence-electron chi connectivity index (χ4n) is 2.20. The Bertz CT molecular complexity index is 938. The number of phenols is 1. The zero-order valence-corrected chi connectivity index (χ0v) is 18.4. The van der Waals surface area contributed by atoms with Gasteiger partial charge in [-0.05, 0) is 58.7 Å². The summed E-state index contributed by atoms with van der Waals surface area (Å²) in [6.07, 6.45) is 1.45. The number of aromatic hydroxyl groups is 1. The summed E-state index contributed by atoms with van der Waals surface area (Å²) in [6.45, 7) is 2.32. The van der Waals surface area contributed by atoms with Gasteiger partial charge in [-0.2, -0.15) is 5.10 Å². The minimum absolute atomic E-state index is 0.00856. The first-order valence-electron chi connectivity index (χ1n) is 8.52. The van der Waals surface area contributed by atoms with E-state index < -0.39 is 0 Å². The SMILES string of the molecule is CCOc1cc(C=NNC(=O)CCNC(=O)c2ccc(Cl)c(Cl)c2)cc(Br)c1O. The number of hydrazone groups is 1. The molecule has 0 spiro atoms. The average molecular weight is 503 g/mol. The van der Waals surface area contributed by atoms with Gasteiger partial charge >= 0.3 is 0 Å². The number of phenolic OH excluding ortho intramolecular Hbond substituents is 1. The Morgan fingerprint density at radius 1 is 1.24 bits per heavy atom. The number of ether oxygens (including phenoxy) is 1. The molecular weight excluding hydrogens is 485 g/mol. The van der Waals surface area contributed by atoms with Gasteiger partial charge in [0.25, 0.3) is 5.91 Å². The Morgan fingerprint density at radius 3 is 2.69 bits per heavy atom. The number of nitrogens with one attached hydrogen (secondary N) is 2. The quantitative estimate of drug-likeness (QED) is 0.373. The van der Waals surface area contributed by atoms with Gasteiger partial charge in [-0.25, -0.2) is 5.43 Å². The van der Waals surface area contributed by atoms with Crippen LogP contribution in [0.25, 0.3) is 0 Å². The van der Waals surface area contributed by atoms with Crippen LogP contribution in [0.5, 0.6) is 11.5 Å². The molecule has 0 saturated carbocycles. The molecule has 0 aliphatic rings. The van der Waals surface area contributed by atoms with E-state index in [2.05, 4.69) is 31.8 Å². The molecule has 154 valence electrons. The minimum atomic E-state index is -0.376. The third-order valence-electron chi connectivity index (χ3n) is 3.57. The van der Waals surface area contributed by atoms with Crippen molar-refractivity contribution < 1.29 is 19.4 Å². The normalized spacial score (nSPS) is 10.8. The number of rotatable bonds is 8. The fourth-order valence-corrected chi connectivity index (χ4v) is 2.96. The van der Waals surface area contributed by atoms with E-state index in [1.807, 2.05) is 0 Å². The molecular formula is C19H18BrCl2N3O4. The Kier molecular flexibility index (Phi) is 8.75. The smallest absolute Gasteiger partial charge is 0.251 e. The number of hydrogen-bond donors (Lipinski definition) is 3. The molecule has 2 aromatic rings. The standard InChI is InChI=1S/C19H18BrCl2N3O4/c1-2-29-16-8-11(7-13(20)18(16)27)10-24-25-17(26)5-6-23-19(28)12-3-4-14(21)15(22)9-12/h3-4,7-10,27H,2,5-6H2,1H3,(H,23,28)(H,25,26). The second-order valence-electron chi connectivity index (χ2n) is 5.71. The van der Waals surface area contributed by atoms with Crippen LogP contribution in [-0.4, -0.2) is 36.3 Å². The first-order valence-corrected chi connectivity index (χ1v) is 10.1. The second kappa shape index (κ2) is 11.0. The lowest BCUT2D eigenvalue weighted by Gasteiger charge is -2.08. The highest BCUT2D eigenvalue weighted by Gasteiger charge is 2.10. The highest BCUT2D eigenvalue weighted by molar-refractivity contribution is 9.10. The van der Waals surface area contributed by atoms with Crippen molar-refractivity contribution in [3.63, 3.8) is 0 Å². The van der Waals surface area contributed by atoms with E-state index in [-0.39, 0.29) is 35.6 Å². The monoisotopic (exact) mass is 501 g/mol. The van der Waals surface area contributed by atoms with Crippen LogP contribution in [0.4, 0.5) is 0 Å². The van der Waals surface area contributed by atoms with Crippen LogP contribution in [0.2, 0.25) is 10.0 Å². The molecule has 0 unspecified atom stereocenters. The highest BCUT2D eigenvalue weighted by atomic mass is 79.9. The van der Waals surface area contributed by atoms with Gasteiger partial charge in [0.1, 0.15) is 0 Å². The van der Waals surface area contributed by atoms with Crippen molar-refractivity contribution in [2.45, 2.75) is 13.3 Å². The number of carbonyl (C=O) groups is 2. The predicted molar refractivity (Wildman–Crippen MR) is 116 cm³/mol. The van der Waals surface area contributed by atoms with E-state index in [0.29, 0.717) is 33.0 Å². The average Bonchev–Trinajstić information content (AvgIpc) is 2.68. The van der Waals surface area contributed by atoms with Crippen molar-refractivity contribution in [2.24, 2.45) is 5.10 Å². The summed E-state index contributed by atoms with van der Waals surface area (Å²) in [5.41, 5.74) is 3.33. The molecule has 0 fully saturated rings. The van der Waals surface area contributed by atoms with Crippen LogP contribution >= 0.6 is 39.1 Å². The molecule has 7 nitrogen and oxygen atoms in total. The van der Waals surface area contributed by atoms with Crippen molar-refractivity contribution >= 4 is 57.2 Å². The van der Waals surface area contributed by atoms with Gasteiger partial charge in [0.15, 0.2) is 11.5 Å². The summed E-state index contributed by atoms with van der Waals surface area (Å²) >= 11 is 14.9. The molecule has 0 aliphatic carbocycles. The molecule has 3 N–H and O–H groups in total. The number of halogens is 3. The topological polar surface area (TPSA) is 100 Å². The lowest BCUT2D eigenvalue weighted by atomic mass is 10.2. The molecule has 2 aromatic carbocycles. The molecule has 0 radical (unpaired) electrons. The second-order valence-corrected chi connectivity index (χ2v) is 7.38. The molecule has 0 aliphatic heterocycles. The maximum Gasteiger partial charge on any atom is 0.251 e. The molecule has 0 heterocycles. The van der Waals surface area contributed by atoms with Crippen LogP contribution in [0, 0.1) is 0 Å². The summed E-state index contributed by atoms with van der Waals surface area (Å²) in [5, 5.41) is 17.0. The molecule has 2 rings (SSSR count). The number of benzene rings is 2. The van der Waals surface area contributed by atoms with Gasteiger partial charge in [0.2, 0.25) is 5.91 Å². The van der Waals surface area contributed by atoms with Crippen molar-refractivity contribution in [3.8, 4) is 11.5 Å². The first kappa shape index (κ1) is 23.0. The molecule has 29 heavy (non-hydrogen) atoms. The summed E-state index contributed by atoms with van der Waals surface area (Å²) in [5.74, 6) is -0.443. The van der Waals surface area contributed by atoms with Gasteiger partial charge in [0.05, 0.1) is 27.3 Å². The summed E-state index contributed by atoms with van der Waals surface area (Å²) in [4.78, 5) is 23.9. The van der Waals surface area contributed by atoms with Crippen molar-refractivity contribution in [1.82, 2.24) is 10.7 Å². The Morgan fingerprint density at radius 2 is 2.00 bits per heavy atom. The largest absolute Gasteiger partial charge is 0.503 e. The van der Waals surface area contributed by atoms with Crippen LogP contribution in [0.15, 0.2) is 39.9 Å². The van der Waals surface area contributed by atoms with Crippen LogP contribution in [-0.2, 0) is 4.79 Å². The van der Waals surface area contributed by atoms with E-state index in [4.69, 9.17) is 27.9 Å². The molecule has 2 amide bonds. The summed E-state index contributed by atoms with van der Waals surface area (Å²) < 4.78 is 5.77. The Hall–Kier alpha value is -2.29. The first-order chi connectivity index (χ1) is 13.8. The summed E-state index contributed by atoms with van der Waals surface area (Å²) in [7, 11) is 0. The fraction of sp³-hybridized carbons (Fsp3) is 0.211. The summed E-state index contributed by atoms with van der Waals surface area (Å²) in [6, 6.07) is 7.75. The Labute approximate surface area is 186 Å². The third kappa shape index (κ3) is 6.92. The zero-order chi connectivity index (χ0) is 21.4. The van der Waals surface area contributed by atoms with Gasteiger partial charge in [-0.1, -0.05) is 23.2 Å². The zero-order valence-electron chi connectivity index (χ0n) is 15.3. The Balaban J connectivity index is 1.82. The number of hydrogen-bond acceptors (Lipinski definition) is 5. The molecule has 0 saturated heterocycles. The highest BCUT2D eigenvalue weighted by Crippen LogP contribution is 2.35. The van der Waals surface area contributed by atoms with E-state index in [9.17, 15) is 14.7 Å². The van der Waals surface area contributed by atoms with Crippen LogP contribution < -0.4 is 15.5 Å². The third-order valence-corrected chi connectivity index (χ3v) is 4.92. The van der Waals surface area contributed by atoms with E-state index in [0.717, 1.165) is 0 Å². The van der Waals surface area contributed by atoms with Crippen LogP contribution in [0.1, 0.15) is 29.3 Å². The van der Waals surface area contributed by atoms with E-state index >= 15 is 0 Å². The van der Waals surface area contributed by atoms with Crippen LogP contribution in [0.3, 0.4) is 0 Å². The number of nitrogens with zero attached hydrogens (tertiary/aromatic N) is 1. The minimum Gasteiger partial charge on any atom is -0.503 e. The number of amides is 2.